The fourth-order valence-electron chi connectivity index (χ4n) is 1.82. The number of hydrogen-bond donors (Lipinski definition) is 1. The van der Waals surface area contributed by atoms with Crippen LogP contribution >= 0.6 is 0 Å². The van der Waals surface area contributed by atoms with Gasteiger partial charge in [0.05, 0.1) is 6.61 Å². The minimum atomic E-state index is -3.55. The fourth-order valence-corrected chi connectivity index (χ4v) is 3.34. The molecule has 0 aromatic heterocycles. The highest BCUT2D eigenvalue weighted by Crippen LogP contribution is 2.21. The molecule has 0 bridgehead atoms. The van der Waals surface area contributed by atoms with Gasteiger partial charge in [0.15, 0.2) is 0 Å². The zero-order valence-corrected chi connectivity index (χ0v) is 11.1. The van der Waals surface area contributed by atoms with E-state index in [1.165, 1.54) is 4.31 Å². The second-order valence-corrected chi connectivity index (χ2v) is 5.63. The van der Waals surface area contributed by atoms with E-state index in [0.717, 1.165) is 6.42 Å². The third kappa shape index (κ3) is 3.65. The van der Waals surface area contributed by atoms with Gasteiger partial charge in [0.1, 0.15) is 6.04 Å². The molecule has 1 aliphatic rings. The fraction of sp³-hybridized carbons (Fsp3) is 0.900. The largest absolute Gasteiger partial charge is 0.465 e. The third-order valence-electron chi connectivity index (χ3n) is 2.61. The molecular formula is C10H20N2O4S. The van der Waals surface area contributed by atoms with Crippen molar-refractivity contribution in [1.82, 2.24) is 9.03 Å². The van der Waals surface area contributed by atoms with Crippen molar-refractivity contribution in [3.8, 4) is 0 Å². The van der Waals surface area contributed by atoms with Crippen LogP contribution in [0.3, 0.4) is 0 Å². The third-order valence-corrected chi connectivity index (χ3v) is 4.23. The molecule has 6 nitrogen and oxygen atoms in total. The van der Waals surface area contributed by atoms with Gasteiger partial charge in [-0.25, -0.2) is 4.72 Å². The predicted octanol–water partition coefficient (Wildman–Crippen LogP) is 0.258. The Labute approximate surface area is 102 Å². The topological polar surface area (TPSA) is 75.7 Å². The van der Waals surface area contributed by atoms with Gasteiger partial charge in [0.25, 0.3) is 10.2 Å². The number of esters is 1. The Morgan fingerprint density at radius 3 is 2.76 bits per heavy atom. The maximum atomic E-state index is 11.9. The minimum Gasteiger partial charge on any atom is -0.465 e. The summed E-state index contributed by atoms with van der Waals surface area (Å²) in [6.45, 7) is 4.62. The lowest BCUT2D eigenvalue weighted by atomic mass is 10.2. The Morgan fingerprint density at radius 1 is 1.47 bits per heavy atom. The monoisotopic (exact) mass is 264 g/mol. The molecule has 100 valence electrons. The molecule has 0 amide bonds. The van der Waals surface area contributed by atoms with Crippen LogP contribution in [-0.4, -0.2) is 44.4 Å². The molecule has 7 heteroatoms. The molecule has 0 saturated carbocycles. The summed E-state index contributed by atoms with van der Waals surface area (Å²) in [5.41, 5.74) is 0. The maximum Gasteiger partial charge on any atom is 0.324 e. The standard InChI is InChI=1S/C10H20N2O4S/c1-3-7-11-17(14,15)12-8-5-6-9(12)10(13)16-4-2/h9,11H,3-8H2,1-2H3. The Morgan fingerprint density at radius 2 is 2.18 bits per heavy atom. The van der Waals surface area contributed by atoms with Gasteiger partial charge in [0.2, 0.25) is 0 Å². The van der Waals surface area contributed by atoms with Gasteiger partial charge < -0.3 is 4.74 Å². The van der Waals surface area contributed by atoms with E-state index < -0.39 is 22.2 Å². The van der Waals surface area contributed by atoms with Gasteiger partial charge in [-0.3, -0.25) is 4.79 Å². The van der Waals surface area contributed by atoms with Crippen LogP contribution < -0.4 is 4.72 Å². The molecule has 1 N–H and O–H groups in total. The Bertz CT molecular complexity index is 355. The Hall–Kier alpha value is -0.660. The van der Waals surface area contributed by atoms with Crippen LogP contribution in [0.1, 0.15) is 33.1 Å². The number of nitrogens with zero attached hydrogens (tertiary/aromatic N) is 1. The van der Waals surface area contributed by atoms with E-state index in [9.17, 15) is 13.2 Å². The van der Waals surface area contributed by atoms with E-state index >= 15 is 0 Å². The number of hydrogen-bond acceptors (Lipinski definition) is 4. The number of carbonyl (C=O) groups excluding carboxylic acids is 1. The van der Waals surface area contributed by atoms with Crippen molar-refractivity contribution < 1.29 is 17.9 Å². The molecule has 0 aromatic carbocycles. The summed E-state index contributed by atoms with van der Waals surface area (Å²) in [5, 5.41) is 0. The first-order valence-electron chi connectivity index (χ1n) is 5.96. The number of rotatable bonds is 6. The molecule has 0 spiro atoms. The molecule has 1 atom stereocenters. The second-order valence-electron chi connectivity index (χ2n) is 3.92. The molecule has 17 heavy (non-hydrogen) atoms. The normalized spacial score (nSPS) is 21.6. The average Bonchev–Trinajstić information content (AvgIpc) is 2.76. The van der Waals surface area contributed by atoms with Crippen LogP contribution in [-0.2, 0) is 19.7 Å². The van der Waals surface area contributed by atoms with E-state index in [1.807, 2.05) is 6.92 Å². The minimum absolute atomic E-state index is 0.269. The van der Waals surface area contributed by atoms with Crippen LogP contribution in [0, 0.1) is 0 Å². The van der Waals surface area contributed by atoms with Crippen molar-refractivity contribution in [1.29, 1.82) is 0 Å². The van der Waals surface area contributed by atoms with E-state index in [1.54, 1.807) is 6.92 Å². The van der Waals surface area contributed by atoms with Gasteiger partial charge in [-0.05, 0) is 26.2 Å². The molecule has 1 fully saturated rings. The number of ether oxygens (including phenoxy) is 1. The highest BCUT2D eigenvalue weighted by Gasteiger charge is 2.39. The van der Waals surface area contributed by atoms with Gasteiger partial charge in [-0.1, -0.05) is 6.92 Å². The lowest BCUT2D eigenvalue weighted by molar-refractivity contribution is -0.146. The highest BCUT2D eigenvalue weighted by atomic mass is 32.2. The zero-order chi connectivity index (χ0) is 12.9. The molecular weight excluding hydrogens is 244 g/mol. The number of nitrogens with one attached hydrogen (secondary N) is 1. The first-order chi connectivity index (χ1) is 8.03. The van der Waals surface area contributed by atoms with Crippen molar-refractivity contribution in [2.45, 2.75) is 39.2 Å². The van der Waals surface area contributed by atoms with E-state index in [0.29, 0.717) is 25.9 Å². The van der Waals surface area contributed by atoms with Crippen molar-refractivity contribution >= 4 is 16.2 Å². The first-order valence-corrected chi connectivity index (χ1v) is 7.40. The molecule has 0 aliphatic carbocycles. The van der Waals surface area contributed by atoms with Gasteiger partial charge >= 0.3 is 5.97 Å². The lowest BCUT2D eigenvalue weighted by Crippen LogP contribution is -2.47. The summed E-state index contributed by atoms with van der Waals surface area (Å²) in [6.07, 6.45) is 1.94. The predicted molar refractivity (Wildman–Crippen MR) is 63.6 cm³/mol. The highest BCUT2D eigenvalue weighted by molar-refractivity contribution is 7.87. The lowest BCUT2D eigenvalue weighted by Gasteiger charge is -2.22. The van der Waals surface area contributed by atoms with Crippen molar-refractivity contribution in [2.75, 3.05) is 19.7 Å². The van der Waals surface area contributed by atoms with Crippen LogP contribution in [0.5, 0.6) is 0 Å². The second kappa shape index (κ2) is 6.32. The molecule has 0 aromatic rings. The molecule has 1 heterocycles. The molecule has 0 radical (unpaired) electrons. The van der Waals surface area contributed by atoms with Crippen LogP contribution in [0.15, 0.2) is 0 Å². The van der Waals surface area contributed by atoms with Gasteiger partial charge in [0, 0.05) is 13.1 Å². The van der Waals surface area contributed by atoms with Gasteiger partial charge in [-0.2, -0.15) is 12.7 Å². The molecule has 1 aliphatic heterocycles. The average molecular weight is 264 g/mol. The van der Waals surface area contributed by atoms with Crippen LogP contribution in [0.4, 0.5) is 0 Å². The quantitative estimate of drug-likeness (QED) is 0.698. The van der Waals surface area contributed by atoms with Crippen LogP contribution in [0.25, 0.3) is 0 Å². The van der Waals surface area contributed by atoms with E-state index in [2.05, 4.69) is 4.72 Å². The molecule has 1 unspecified atom stereocenters. The summed E-state index contributed by atoms with van der Waals surface area (Å²) >= 11 is 0. The van der Waals surface area contributed by atoms with Crippen molar-refractivity contribution in [3.05, 3.63) is 0 Å². The first kappa shape index (κ1) is 14.4. The smallest absolute Gasteiger partial charge is 0.324 e. The van der Waals surface area contributed by atoms with Crippen molar-refractivity contribution in [2.24, 2.45) is 0 Å². The maximum absolute atomic E-state index is 11.9. The Balaban J connectivity index is 2.71. The Kier molecular flexibility index (Phi) is 5.35. The molecule has 1 saturated heterocycles. The van der Waals surface area contributed by atoms with Crippen LogP contribution in [0.2, 0.25) is 0 Å². The van der Waals surface area contributed by atoms with Crippen molar-refractivity contribution in [3.63, 3.8) is 0 Å². The van der Waals surface area contributed by atoms with E-state index in [4.69, 9.17) is 4.74 Å². The summed E-state index contributed by atoms with van der Waals surface area (Å²) in [6, 6.07) is -0.663. The summed E-state index contributed by atoms with van der Waals surface area (Å²) in [4.78, 5) is 11.6. The summed E-state index contributed by atoms with van der Waals surface area (Å²) in [7, 11) is -3.55. The zero-order valence-electron chi connectivity index (χ0n) is 10.3. The number of carbonyl (C=O) groups is 1. The SMILES string of the molecule is CCCNS(=O)(=O)N1CCCC1C(=O)OCC. The van der Waals surface area contributed by atoms with Gasteiger partial charge in [-0.15, -0.1) is 0 Å². The summed E-state index contributed by atoms with van der Waals surface area (Å²) in [5.74, 6) is -0.452. The van der Waals surface area contributed by atoms with E-state index in [-0.39, 0.29) is 6.61 Å². The summed E-state index contributed by atoms with van der Waals surface area (Å²) < 4.78 is 32.4. The molecule has 1 rings (SSSR count).